The van der Waals surface area contributed by atoms with Crippen molar-refractivity contribution in [3.63, 3.8) is 0 Å². The maximum Gasteiger partial charge on any atom is 0.160 e. The third-order valence-electron chi connectivity index (χ3n) is 5.33. The van der Waals surface area contributed by atoms with E-state index in [-0.39, 0.29) is 0 Å². The summed E-state index contributed by atoms with van der Waals surface area (Å²) >= 11 is 0. The van der Waals surface area contributed by atoms with Gasteiger partial charge in [-0.2, -0.15) is 0 Å². The largest absolute Gasteiger partial charge is 0.378 e. The van der Waals surface area contributed by atoms with Crippen molar-refractivity contribution in [2.24, 2.45) is 5.41 Å². The van der Waals surface area contributed by atoms with Crippen LogP contribution in [0.3, 0.4) is 0 Å². The van der Waals surface area contributed by atoms with Gasteiger partial charge in [-0.05, 0) is 38.3 Å². The van der Waals surface area contributed by atoms with Crippen molar-refractivity contribution >= 4 is 5.65 Å². The Morgan fingerprint density at radius 2 is 2.29 bits per heavy atom. The summed E-state index contributed by atoms with van der Waals surface area (Å²) in [7, 11) is 0. The monoisotopic (exact) mass is 286 g/mol. The van der Waals surface area contributed by atoms with Crippen LogP contribution in [-0.2, 0) is 11.3 Å². The smallest absolute Gasteiger partial charge is 0.160 e. The van der Waals surface area contributed by atoms with Crippen molar-refractivity contribution in [2.45, 2.75) is 51.3 Å². The standard InChI is InChI=1S/C16H22N4O/c1-2-21-13-10-12(16(13)7-5-8-16)17-11-15-19-18-14-6-3-4-9-20(14)15/h3-4,6,9,12-13,17H,2,5,7-8,10-11H2,1H3. The lowest BCUT2D eigenvalue weighted by molar-refractivity contribution is -0.173. The van der Waals surface area contributed by atoms with Crippen molar-refractivity contribution < 1.29 is 4.74 Å². The van der Waals surface area contributed by atoms with Crippen molar-refractivity contribution in [3.8, 4) is 0 Å². The number of pyridine rings is 1. The van der Waals surface area contributed by atoms with Gasteiger partial charge in [-0.1, -0.05) is 12.5 Å². The Morgan fingerprint density at radius 1 is 1.38 bits per heavy atom. The SMILES string of the molecule is CCOC1CC(NCc2nnc3ccccn23)C12CCC2. The first kappa shape index (κ1) is 13.2. The Labute approximate surface area is 124 Å². The summed E-state index contributed by atoms with van der Waals surface area (Å²) in [6.07, 6.45) is 7.56. The van der Waals surface area contributed by atoms with Gasteiger partial charge >= 0.3 is 0 Å². The molecule has 2 atom stereocenters. The fraction of sp³-hybridized carbons (Fsp3) is 0.625. The third kappa shape index (κ3) is 1.99. The molecule has 5 heteroatoms. The molecule has 2 aliphatic carbocycles. The summed E-state index contributed by atoms with van der Waals surface area (Å²) in [5.74, 6) is 0.986. The molecule has 2 saturated carbocycles. The highest BCUT2D eigenvalue weighted by molar-refractivity contribution is 5.37. The molecule has 2 aromatic heterocycles. The predicted molar refractivity (Wildman–Crippen MR) is 79.9 cm³/mol. The van der Waals surface area contributed by atoms with Crippen LogP contribution < -0.4 is 5.32 Å². The third-order valence-corrected chi connectivity index (χ3v) is 5.33. The summed E-state index contributed by atoms with van der Waals surface area (Å²) in [6, 6.07) is 6.56. The van der Waals surface area contributed by atoms with E-state index in [0.29, 0.717) is 17.6 Å². The fourth-order valence-corrected chi connectivity index (χ4v) is 3.95. The van der Waals surface area contributed by atoms with Gasteiger partial charge in [-0.15, -0.1) is 10.2 Å². The number of aromatic nitrogens is 3. The van der Waals surface area contributed by atoms with Gasteiger partial charge in [0.15, 0.2) is 11.5 Å². The van der Waals surface area contributed by atoms with Gasteiger partial charge in [0.05, 0.1) is 12.6 Å². The lowest BCUT2D eigenvalue weighted by Gasteiger charge is -2.61. The maximum absolute atomic E-state index is 5.90. The maximum atomic E-state index is 5.90. The second-order valence-corrected chi connectivity index (χ2v) is 6.24. The first-order valence-corrected chi connectivity index (χ1v) is 7.97. The number of fused-ring (bicyclic) bond motifs is 1. The van der Waals surface area contributed by atoms with Crippen LogP contribution >= 0.6 is 0 Å². The van der Waals surface area contributed by atoms with Crippen LogP contribution in [0.1, 0.15) is 38.4 Å². The molecule has 5 nitrogen and oxygen atoms in total. The lowest BCUT2D eigenvalue weighted by atomic mass is 9.51. The number of nitrogens with zero attached hydrogens (tertiary/aromatic N) is 3. The zero-order chi connectivity index (χ0) is 14.3. The minimum atomic E-state index is 0.399. The molecule has 4 rings (SSSR count). The van der Waals surface area contributed by atoms with Gasteiger partial charge in [0, 0.05) is 24.3 Å². The molecule has 2 heterocycles. The van der Waals surface area contributed by atoms with Crippen LogP contribution in [0.15, 0.2) is 24.4 Å². The van der Waals surface area contributed by atoms with Crippen LogP contribution in [0.25, 0.3) is 5.65 Å². The van der Waals surface area contributed by atoms with E-state index in [9.17, 15) is 0 Å². The summed E-state index contributed by atoms with van der Waals surface area (Å²) < 4.78 is 7.95. The lowest BCUT2D eigenvalue weighted by Crippen LogP contribution is -2.66. The van der Waals surface area contributed by atoms with Crippen molar-refractivity contribution in [1.29, 1.82) is 0 Å². The molecule has 2 aromatic rings. The zero-order valence-electron chi connectivity index (χ0n) is 12.5. The van der Waals surface area contributed by atoms with Crippen molar-refractivity contribution in [1.82, 2.24) is 19.9 Å². The van der Waals surface area contributed by atoms with Gasteiger partial charge in [-0.25, -0.2) is 0 Å². The van der Waals surface area contributed by atoms with Gasteiger partial charge < -0.3 is 10.1 Å². The number of hydrogen-bond donors (Lipinski definition) is 1. The fourth-order valence-electron chi connectivity index (χ4n) is 3.95. The molecule has 21 heavy (non-hydrogen) atoms. The second-order valence-electron chi connectivity index (χ2n) is 6.24. The highest BCUT2D eigenvalue weighted by atomic mass is 16.5. The Kier molecular flexibility index (Phi) is 3.19. The van der Waals surface area contributed by atoms with Crippen molar-refractivity contribution in [2.75, 3.05) is 6.61 Å². The van der Waals surface area contributed by atoms with E-state index in [4.69, 9.17) is 4.74 Å². The minimum absolute atomic E-state index is 0.399. The topological polar surface area (TPSA) is 51.5 Å². The van der Waals surface area contributed by atoms with E-state index in [1.165, 1.54) is 19.3 Å². The van der Waals surface area contributed by atoms with E-state index >= 15 is 0 Å². The first-order valence-electron chi connectivity index (χ1n) is 7.97. The van der Waals surface area contributed by atoms with Crippen LogP contribution in [-0.4, -0.2) is 33.4 Å². The Morgan fingerprint density at radius 3 is 3.05 bits per heavy atom. The molecule has 1 N–H and O–H groups in total. The predicted octanol–water partition coefficient (Wildman–Crippen LogP) is 2.17. The van der Waals surface area contributed by atoms with E-state index in [1.807, 2.05) is 24.4 Å². The molecule has 0 bridgehead atoms. The normalized spacial score (nSPS) is 26.7. The molecule has 1 spiro atoms. The molecule has 0 aromatic carbocycles. The van der Waals surface area contributed by atoms with Gasteiger partial charge in [0.25, 0.3) is 0 Å². The molecule has 2 unspecified atom stereocenters. The first-order chi connectivity index (χ1) is 10.3. The summed E-state index contributed by atoms with van der Waals surface area (Å²) in [5, 5.41) is 12.2. The molecule has 0 saturated heterocycles. The molecule has 2 aliphatic rings. The Bertz CT molecular complexity index is 634. The molecular weight excluding hydrogens is 264 g/mol. The Balaban J connectivity index is 1.43. The van der Waals surface area contributed by atoms with Gasteiger partial charge in [0.1, 0.15) is 0 Å². The van der Waals surface area contributed by atoms with E-state index in [2.05, 4.69) is 26.8 Å². The van der Waals surface area contributed by atoms with Crippen LogP contribution in [0, 0.1) is 5.41 Å². The van der Waals surface area contributed by atoms with Crippen LogP contribution in [0.4, 0.5) is 0 Å². The highest BCUT2D eigenvalue weighted by Crippen LogP contribution is 2.57. The summed E-state index contributed by atoms with van der Waals surface area (Å²) in [5.41, 5.74) is 1.31. The average Bonchev–Trinajstić information content (AvgIpc) is 2.83. The second kappa shape index (κ2) is 5.07. The quantitative estimate of drug-likeness (QED) is 0.915. The van der Waals surface area contributed by atoms with Gasteiger partial charge in [-0.3, -0.25) is 4.40 Å². The zero-order valence-corrected chi connectivity index (χ0v) is 12.5. The average molecular weight is 286 g/mol. The Hall–Kier alpha value is -1.46. The number of ether oxygens (including phenoxy) is 1. The van der Waals surface area contributed by atoms with E-state index in [0.717, 1.165) is 31.0 Å². The molecule has 2 fully saturated rings. The minimum Gasteiger partial charge on any atom is -0.378 e. The van der Waals surface area contributed by atoms with E-state index in [1.54, 1.807) is 0 Å². The molecule has 112 valence electrons. The summed E-state index contributed by atoms with van der Waals surface area (Å²) in [4.78, 5) is 0. The molecule has 0 amide bonds. The molecule has 0 aliphatic heterocycles. The van der Waals surface area contributed by atoms with E-state index < -0.39 is 0 Å². The number of rotatable bonds is 5. The number of nitrogens with one attached hydrogen (secondary N) is 1. The molecular formula is C16H22N4O. The van der Waals surface area contributed by atoms with Crippen LogP contribution in [0.2, 0.25) is 0 Å². The van der Waals surface area contributed by atoms with Gasteiger partial charge in [0.2, 0.25) is 0 Å². The van der Waals surface area contributed by atoms with Crippen molar-refractivity contribution in [3.05, 3.63) is 30.2 Å². The van der Waals surface area contributed by atoms with Crippen LogP contribution in [0.5, 0.6) is 0 Å². The molecule has 0 radical (unpaired) electrons. The highest BCUT2D eigenvalue weighted by Gasteiger charge is 2.58. The number of hydrogen-bond acceptors (Lipinski definition) is 4. The summed E-state index contributed by atoms with van der Waals surface area (Å²) in [6.45, 7) is 3.69.